The van der Waals surface area contributed by atoms with Gasteiger partial charge in [0.2, 0.25) is 0 Å². The standard InChI is InChI=1S/C16H29NO8/c1-9-11(19)12(21-6)13(24-10(2)18)14(23-9)22-8-7-17-15(20)25-16(3,4)5/h9,11-14,19H,7-8H2,1-6H3,(H,17,20)/t9?,11-,12+,13?,14+/m1/s1. The number of methoxy groups -OCH3 is 1. The van der Waals surface area contributed by atoms with Crippen LogP contribution in [0.15, 0.2) is 0 Å². The van der Waals surface area contributed by atoms with Gasteiger partial charge in [-0.25, -0.2) is 4.79 Å². The van der Waals surface area contributed by atoms with E-state index in [9.17, 15) is 14.7 Å². The van der Waals surface area contributed by atoms with Crippen molar-refractivity contribution in [1.82, 2.24) is 5.32 Å². The third-order valence-corrected chi connectivity index (χ3v) is 3.38. The Hall–Kier alpha value is -1.42. The summed E-state index contributed by atoms with van der Waals surface area (Å²) in [7, 11) is 1.41. The van der Waals surface area contributed by atoms with Crippen LogP contribution >= 0.6 is 0 Å². The molecule has 2 N–H and O–H groups in total. The lowest BCUT2D eigenvalue weighted by Crippen LogP contribution is -2.59. The van der Waals surface area contributed by atoms with Crippen molar-refractivity contribution in [1.29, 1.82) is 0 Å². The lowest BCUT2D eigenvalue weighted by molar-refractivity contribution is -0.299. The maximum atomic E-state index is 11.6. The molecule has 0 aromatic rings. The molecule has 2 unspecified atom stereocenters. The number of alkyl carbamates (subject to hydrolysis) is 1. The third kappa shape index (κ3) is 7.15. The Balaban J connectivity index is 2.55. The zero-order valence-electron chi connectivity index (χ0n) is 15.6. The average Bonchev–Trinajstić information content (AvgIpc) is 2.46. The van der Waals surface area contributed by atoms with Crippen LogP contribution in [-0.4, -0.2) is 73.7 Å². The second-order valence-corrected chi connectivity index (χ2v) is 6.77. The monoisotopic (exact) mass is 363 g/mol. The molecular weight excluding hydrogens is 334 g/mol. The number of aliphatic hydroxyl groups excluding tert-OH is 1. The Morgan fingerprint density at radius 1 is 1.24 bits per heavy atom. The van der Waals surface area contributed by atoms with Gasteiger partial charge in [0.15, 0.2) is 12.4 Å². The number of carbonyl (C=O) groups is 2. The van der Waals surface area contributed by atoms with Crippen LogP contribution in [0.4, 0.5) is 4.79 Å². The molecule has 0 saturated carbocycles. The molecule has 1 saturated heterocycles. The smallest absolute Gasteiger partial charge is 0.407 e. The summed E-state index contributed by atoms with van der Waals surface area (Å²) in [4.78, 5) is 22.9. The highest BCUT2D eigenvalue weighted by Crippen LogP contribution is 2.26. The summed E-state index contributed by atoms with van der Waals surface area (Å²) < 4.78 is 26.7. The van der Waals surface area contributed by atoms with Crippen molar-refractivity contribution in [3.63, 3.8) is 0 Å². The fraction of sp³-hybridized carbons (Fsp3) is 0.875. The molecule has 0 aromatic heterocycles. The molecule has 1 heterocycles. The number of carbonyl (C=O) groups excluding carboxylic acids is 2. The van der Waals surface area contributed by atoms with Crippen LogP contribution in [-0.2, 0) is 28.5 Å². The largest absolute Gasteiger partial charge is 0.454 e. The van der Waals surface area contributed by atoms with Gasteiger partial charge in [-0.3, -0.25) is 4.79 Å². The van der Waals surface area contributed by atoms with E-state index >= 15 is 0 Å². The minimum atomic E-state index is -0.964. The van der Waals surface area contributed by atoms with Crippen LogP contribution in [0.2, 0.25) is 0 Å². The first-order valence-corrected chi connectivity index (χ1v) is 8.17. The van der Waals surface area contributed by atoms with E-state index in [1.54, 1.807) is 27.7 Å². The number of esters is 1. The molecule has 0 spiro atoms. The fourth-order valence-corrected chi connectivity index (χ4v) is 2.35. The second kappa shape index (κ2) is 9.33. The lowest BCUT2D eigenvalue weighted by atomic mass is 9.99. The van der Waals surface area contributed by atoms with E-state index < -0.39 is 48.4 Å². The van der Waals surface area contributed by atoms with Crippen LogP contribution in [0, 0.1) is 0 Å². The van der Waals surface area contributed by atoms with E-state index in [1.165, 1.54) is 14.0 Å². The first-order chi connectivity index (χ1) is 11.5. The highest BCUT2D eigenvalue weighted by atomic mass is 16.7. The summed E-state index contributed by atoms with van der Waals surface area (Å²) in [6.45, 7) is 8.48. The molecular formula is C16H29NO8. The molecule has 1 amide bonds. The van der Waals surface area contributed by atoms with Gasteiger partial charge in [0.05, 0.1) is 12.7 Å². The number of amides is 1. The van der Waals surface area contributed by atoms with Crippen molar-refractivity contribution >= 4 is 12.1 Å². The number of rotatable bonds is 6. The quantitative estimate of drug-likeness (QED) is 0.521. The first-order valence-electron chi connectivity index (χ1n) is 8.17. The molecule has 0 aliphatic carbocycles. The molecule has 1 aliphatic rings. The van der Waals surface area contributed by atoms with E-state index in [0.717, 1.165) is 0 Å². The van der Waals surface area contributed by atoms with Crippen molar-refractivity contribution in [2.24, 2.45) is 0 Å². The normalized spacial score (nSPS) is 29.8. The van der Waals surface area contributed by atoms with E-state index in [0.29, 0.717) is 0 Å². The molecule has 0 radical (unpaired) electrons. The number of ether oxygens (including phenoxy) is 5. The van der Waals surface area contributed by atoms with Crippen LogP contribution in [0.1, 0.15) is 34.6 Å². The first kappa shape index (κ1) is 21.6. The van der Waals surface area contributed by atoms with E-state index in [4.69, 9.17) is 23.7 Å². The minimum absolute atomic E-state index is 0.0981. The summed E-state index contributed by atoms with van der Waals surface area (Å²) in [5.74, 6) is -0.544. The average molecular weight is 363 g/mol. The Bertz CT molecular complexity index is 450. The molecule has 1 aliphatic heterocycles. The number of hydrogen-bond donors (Lipinski definition) is 2. The molecule has 5 atom stereocenters. The molecule has 0 aromatic carbocycles. The summed E-state index contributed by atoms with van der Waals surface area (Å²) >= 11 is 0. The number of hydrogen-bond acceptors (Lipinski definition) is 8. The molecule has 0 bridgehead atoms. The van der Waals surface area contributed by atoms with Gasteiger partial charge in [0.25, 0.3) is 0 Å². The predicted molar refractivity (Wildman–Crippen MR) is 86.9 cm³/mol. The van der Waals surface area contributed by atoms with Gasteiger partial charge in [-0.1, -0.05) is 0 Å². The Morgan fingerprint density at radius 2 is 1.88 bits per heavy atom. The molecule has 1 fully saturated rings. The Morgan fingerprint density at radius 3 is 2.40 bits per heavy atom. The van der Waals surface area contributed by atoms with Crippen LogP contribution in [0.25, 0.3) is 0 Å². The Labute approximate surface area is 147 Å². The molecule has 25 heavy (non-hydrogen) atoms. The maximum Gasteiger partial charge on any atom is 0.407 e. The van der Waals surface area contributed by atoms with Crippen molar-refractivity contribution in [2.45, 2.75) is 70.9 Å². The summed E-state index contributed by atoms with van der Waals surface area (Å²) in [6, 6.07) is 0. The third-order valence-electron chi connectivity index (χ3n) is 3.38. The summed E-state index contributed by atoms with van der Waals surface area (Å²) in [5.41, 5.74) is -0.588. The second-order valence-electron chi connectivity index (χ2n) is 6.77. The van der Waals surface area contributed by atoms with Gasteiger partial charge in [-0.15, -0.1) is 0 Å². The van der Waals surface area contributed by atoms with Gasteiger partial charge in [0, 0.05) is 20.6 Å². The van der Waals surface area contributed by atoms with Gasteiger partial charge >= 0.3 is 12.1 Å². The maximum absolute atomic E-state index is 11.6. The minimum Gasteiger partial charge on any atom is -0.454 e. The predicted octanol–water partition coefficient (Wildman–Crippen LogP) is 0.580. The van der Waals surface area contributed by atoms with Crippen molar-refractivity contribution in [2.75, 3.05) is 20.3 Å². The van der Waals surface area contributed by atoms with E-state index in [-0.39, 0.29) is 13.2 Å². The molecule has 9 heteroatoms. The summed E-state index contributed by atoms with van der Waals surface area (Å²) in [5, 5.41) is 12.7. The van der Waals surface area contributed by atoms with Crippen LogP contribution in [0.5, 0.6) is 0 Å². The van der Waals surface area contributed by atoms with E-state index in [2.05, 4.69) is 5.32 Å². The van der Waals surface area contributed by atoms with Crippen molar-refractivity contribution in [3.8, 4) is 0 Å². The molecule has 1 rings (SSSR count). The van der Waals surface area contributed by atoms with E-state index in [1.807, 2.05) is 0 Å². The van der Waals surface area contributed by atoms with Crippen molar-refractivity contribution in [3.05, 3.63) is 0 Å². The van der Waals surface area contributed by atoms with Gasteiger partial charge in [-0.2, -0.15) is 0 Å². The van der Waals surface area contributed by atoms with Gasteiger partial charge < -0.3 is 34.1 Å². The van der Waals surface area contributed by atoms with Gasteiger partial charge in [-0.05, 0) is 27.7 Å². The Kier molecular flexibility index (Phi) is 8.07. The topological polar surface area (TPSA) is 113 Å². The lowest BCUT2D eigenvalue weighted by Gasteiger charge is -2.42. The fourth-order valence-electron chi connectivity index (χ4n) is 2.35. The van der Waals surface area contributed by atoms with Gasteiger partial charge in [0.1, 0.15) is 17.8 Å². The highest BCUT2D eigenvalue weighted by Gasteiger charge is 2.46. The molecule has 9 nitrogen and oxygen atoms in total. The number of aliphatic hydroxyl groups is 1. The molecule has 146 valence electrons. The highest BCUT2D eigenvalue weighted by molar-refractivity contribution is 5.67. The van der Waals surface area contributed by atoms with Crippen LogP contribution < -0.4 is 5.32 Å². The number of nitrogens with one attached hydrogen (secondary N) is 1. The zero-order chi connectivity index (χ0) is 19.2. The zero-order valence-corrected chi connectivity index (χ0v) is 15.6. The van der Waals surface area contributed by atoms with Crippen molar-refractivity contribution < 1.29 is 38.4 Å². The van der Waals surface area contributed by atoms with Crippen LogP contribution in [0.3, 0.4) is 0 Å². The SMILES string of the molecule is CO[C@@H]1C(OC(C)=O)[C@@H](OCCNC(=O)OC(C)(C)C)OC(C)[C@H]1O. The summed E-state index contributed by atoms with van der Waals surface area (Å²) in [6.07, 6.45) is -4.72.